The third-order valence-electron chi connectivity index (χ3n) is 5.03. The van der Waals surface area contributed by atoms with Gasteiger partial charge >= 0.3 is 6.03 Å². The third-order valence-corrected chi connectivity index (χ3v) is 5.03. The largest absolute Gasteiger partial charge is 0.335 e. The van der Waals surface area contributed by atoms with E-state index in [2.05, 4.69) is 5.32 Å². The lowest BCUT2D eigenvalue weighted by atomic mass is 9.92. The molecule has 1 unspecified atom stereocenters. The van der Waals surface area contributed by atoms with Gasteiger partial charge in [-0.05, 0) is 41.5 Å². The van der Waals surface area contributed by atoms with Gasteiger partial charge in [0, 0.05) is 12.0 Å². The molecule has 3 aromatic carbocycles. The van der Waals surface area contributed by atoms with Crippen molar-refractivity contribution in [3.63, 3.8) is 0 Å². The smallest absolute Gasteiger partial charge is 0.298 e. The summed E-state index contributed by atoms with van der Waals surface area (Å²) in [5.74, 6) is -3.50. The number of Topliss-reactive ketones (excluding diaryl/α,β-unsaturated/α-hetero) is 1. The molecule has 7 heteroatoms. The molecule has 1 heterocycles. The van der Waals surface area contributed by atoms with Crippen LogP contribution in [0.2, 0.25) is 0 Å². The molecule has 0 aromatic heterocycles. The van der Waals surface area contributed by atoms with Crippen LogP contribution in [-0.2, 0) is 16.0 Å². The van der Waals surface area contributed by atoms with Crippen LogP contribution in [0.15, 0.2) is 78.9 Å². The van der Waals surface area contributed by atoms with Crippen LogP contribution in [0.1, 0.15) is 27.4 Å². The minimum atomic E-state index is -1.14. The fourth-order valence-corrected chi connectivity index (χ4v) is 3.56. The number of halogens is 1. The molecule has 1 N–H and O–H groups in total. The van der Waals surface area contributed by atoms with Gasteiger partial charge in [0.25, 0.3) is 5.91 Å². The second-order valence-corrected chi connectivity index (χ2v) is 7.06. The fourth-order valence-electron chi connectivity index (χ4n) is 3.56. The molecule has 0 saturated heterocycles. The van der Waals surface area contributed by atoms with E-state index in [4.69, 9.17) is 0 Å². The maximum Gasteiger partial charge on any atom is 0.335 e. The Morgan fingerprint density at radius 1 is 0.871 bits per heavy atom. The molecule has 1 aliphatic heterocycles. The summed E-state index contributed by atoms with van der Waals surface area (Å²) in [6.45, 7) is 0. The Labute approximate surface area is 177 Å². The van der Waals surface area contributed by atoms with E-state index in [0.717, 1.165) is 22.6 Å². The quantitative estimate of drug-likeness (QED) is 0.659. The Morgan fingerprint density at radius 2 is 1.52 bits per heavy atom. The average Bonchev–Trinajstić information content (AvgIpc) is 3.06. The van der Waals surface area contributed by atoms with Crippen LogP contribution in [0, 0.1) is 5.82 Å². The highest BCUT2D eigenvalue weighted by Gasteiger charge is 2.44. The van der Waals surface area contributed by atoms with Gasteiger partial charge in [-0.15, -0.1) is 0 Å². The summed E-state index contributed by atoms with van der Waals surface area (Å²) in [6.07, 6.45) is 0.0373. The van der Waals surface area contributed by atoms with Crippen LogP contribution in [0.4, 0.5) is 14.9 Å². The minimum absolute atomic E-state index is 0.0373. The summed E-state index contributed by atoms with van der Waals surface area (Å²) in [6, 6.07) is 19.1. The highest BCUT2D eigenvalue weighted by Crippen LogP contribution is 2.38. The lowest BCUT2D eigenvalue weighted by Crippen LogP contribution is -2.46. The van der Waals surface area contributed by atoms with Crippen LogP contribution < -0.4 is 10.2 Å². The summed E-state index contributed by atoms with van der Waals surface area (Å²) >= 11 is 0. The van der Waals surface area contributed by atoms with Gasteiger partial charge in [-0.1, -0.05) is 48.5 Å². The number of carbonyl (C=O) groups excluding carboxylic acids is 4. The molecule has 4 amide bonds. The second-order valence-electron chi connectivity index (χ2n) is 7.06. The number of rotatable bonds is 4. The number of urea groups is 1. The first-order chi connectivity index (χ1) is 15.0. The number of para-hydroxylation sites is 1. The van der Waals surface area contributed by atoms with Crippen LogP contribution >= 0.6 is 0 Å². The van der Waals surface area contributed by atoms with Gasteiger partial charge in [0.15, 0.2) is 5.78 Å². The van der Waals surface area contributed by atoms with Gasteiger partial charge in [-0.3, -0.25) is 19.7 Å². The molecule has 1 atom stereocenters. The standard InChI is InChI=1S/C24H17FN2O4/c25-17-12-10-16(11-13-17)22(29)26-24(31)27-19-9-5-4-8-18(19)21(23(27)30)20(28)14-15-6-2-1-3-7-15/h1-13,21H,14H2,(H,26,29,31). The van der Waals surface area contributed by atoms with E-state index in [1.54, 1.807) is 48.5 Å². The van der Waals surface area contributed by atoms with Crippen molar-refractivity contribution in [1.82, 2.24) is 5.32 Å². The van der Waals surface area contributed by atoms with Crippen molar-refractivity contribution in [1.29, 1.82) is 0 Å². The average molecular weight is 416 g/mol. The maximum atomic E-state index is 13.1. The maximum absolute atomic E-state index is 13.1. The molecule has 0 saturated carbocycles. The number of hydrogen-bond acceptors (Lipinski definition) is 4. The first kappa shape index (κ1) is 20.2. The highest BCUT2D eigenvalue weighted by atomic mass is 19.1. The number of nitrogens with zero attached hydrogens (tertiary/aromatic N) is 1. The van der Waals surface area contributed by atoms with Crippen molar-refractivity contribution < 1.29 is 23.6 Å². The number of anilines is 1. The third kappa shape index (κ3) is 3.98. The Balaban J connectivity index is 1.58. The number of carbonyl (C=O) groups is 4. The van der Waals surface area contributed by atoms with Gasteiger partial charge < -0.3 is 0 Å². The van der Waals surface area contributed by atoms with E-state index in [9.17, 15) is 23.6 Å². The lowest BCUT2D eigenvalue weighted by molar-refractivity contribution is -0.127. The number of fused-ring (bicyclic) bond motifs is 1. The summed E-state index contributed by atoms with van der Waals surface area (Å²) in [5.41, 5.74) is 1.49. The van der Waals surface area contributed by atoms with Crippen LogP contribution in [0.25, 0.3) is 0 Å². The molecule has 4 rings (SSSR count). The topological polar surface area (TPSA) is 83.6 Å². The predicted molar refractivity (Wildman–Crippen MR) is 111 cm³/mol. The highest BCUT2D eigenvalue weighted by molar-refractivity contribution is 6.29. The lowest BCUT2D eigenvalue weighted by Gasteiger charge is -2.16. The molecule has 31 heavy (non-hydrogen) atoms. The van der Waals surface area contributed by atoms with Gasteiger partial charge in [-0.25, -0.2) is 14.1 Å². The van der Waals surface area contributed by atoms with Crippen molar-refractivity contribution in [2.45, 2.75) is 12.3 Å². The number of imide groups is 2. The number of benzene rings is 3. The summed E-state index contributed by atoms with van der Waals surface area (Å²) in [5, 5.41) is 2.13. The molecule has 154 valence electrons. The Kier molecular flexibility index (Phi) is 5.41. The first-order valence-electron chi connectivity index (χ1n) is 9.56. The predicted octanol–water partition coefficient (Wildman–Crippen LogP) is 3.62. The molecular formula is C24H17FN2O4. The van der Waals surface area contributed by atoms with Crippen molar-refractivity contribution in [2.24, 2.45) is 0 Å². The molecule has 3 aromatic rings. The van der Waals surface area contributed by atoms with Crippen LogP contribution in [0.5, 0.6) is 0 Å². The van der Waals surface area contributed by atoms with E-state index in [1.807, 2.05) is 6.07 Å². The van der Waals surface area contributed by atoms with Crippen molar-refractivity contribution >= 4 is 29.3 Å². The minimum Gasteiger partial charge on any atom is -0.298 e. The SMILES string of the molecule is O=C(NC(=O)N1C(=O)C(C(=O)Cc2ccccc2)c2ccccc21)c1ccc(F)cc1. The van der Waals surface area contributed by atoms with E-state index in [-0.39, 0.29) is 23.5 Å². The summed E-state index contributed by atoms with van der Waals surface area (Å²) in [4.78, 5) is 52.0. The number of nitrogens with one attached hydrogen (secondary N) is 1. The van der Waals surface area contributed by atoms with Gasteiger partial charge in [0.05, 0.1) is 5.69 Å². The monoisotopic (exact) mass is 416 g/mol. The molecule has 0 bridgehead atoms. The van der Waals surface area contributed by atoms with Crippen LogP contribution in [-0.4, -0.2) is 23.6 Å². The van der Waals surface area contributed by atoms with Crippen LogP contribution in [0.3, 0.4) is 0 Å². The Hall–Kier alpha value is -4.13. The summed E-state index contributed by atoms with van der Waals surface area (Å²) in [7, 11) is 0. The zero-order valence-electron chi connectivity index (χ0n) is 16.2. The number of amides is 4. The normalized spacial score (nSPS) is 14.8. The number of hydrogen-bond donors (Lipinski definition) is 1. The van der Waals surface area contributed by atoms with Crippen molar-refractivity contribution in [3.8, 4) is 0 Å². The molecule has 6 nitrogen and oxygen atoms in total. The van der Waals surface area contributed by atoms with Gasteiger partial charge in [0.2, 0.25) is 5.91 Å². The van der Waals surface area contributed by atoms with E-state index in [0.29, 0.717) is 5.56 Å². The Morgan fingerprint density at radius 3 is 2.23 bits per heavy atom. The van der Waals surface area contributed by atoms with Crippen molar-refractivity contribution in [2.75, 3.05) is 4.90 Å². The summed E-state index contributed by atoms with van der Waals surface area (Å²) < 4.78 is 13.1. The fraction of sp³-hybridized carbons (Fsp3) is 0.0833. The molecule has 1 aliphatic rings. The van der Waals surface area contributed by atoms with E-state index < -0.39 is 29.6 Å². The Bertz CT molecular complexity index is 1180. The number of ketones is 1. The zero-order chi connectivity index (χ0) is 22.0. The van der Waals surface area contributed by atoms with Gasteiger partial charge in [0.1, 0.15) is 11.7 Å². The van der Waals surface area contributed by atoms with Gasteiger partial charge in [-0.2, -0.15) is 0 Å². The molecule has 0 fully saturated rings. The second kappa shape index (κ2) is 8.31. The van der Waals surface area contributed by atoms with E-state index in [1.165, 1.54) is 12.1 Å². The molecular weight excluding hydrogens is 399 g/mol. The zero-order valence-corrected chi connectivity index (χ0v) is 16.2. The molecule has 0 aliphatic carbocycles. The molecule has 0 radical (unpaired) electrons. The van der Waals surface area contributed by atoms with E-state index >= 15 is 0 Å². The van der Waals surface area contributed by atoms with Crippen molar-refractivity contribution in [3.05, 3.63) is 101 Å². The first-order valence-corrected chi connectivity index (χ1v) is 9.56. The molecule has 0 spiro atoms.